The fourth-order valence-electron chi connectivity index (χ4n) is 1.81. The van der Waals surface area contributed by atoms with E-state index in [9.17, 15) is 4.79 Å². The van der Waals surface area contributed by atoms with Crippen LogP contribution in [-0.4, -0.2) is 36.2 Å². The zero-order chi connectivity index (χ0) is 14.7. The molecule has 8 nitrogen and oxygen atoms in total. The maximum absolute atomic E-state index is 10.6. The lowest BCUT2D eigenvalue weighted by molar-refractivity contribution is -0.136. The van der Waals surface area contributed by atoms with Crippen LogP contribution in [0.5, 0.6) is 0 Å². The van der Waals surface area contributed by atoms with Crippen LogP contribution in [0.15, 0.2) is 41.1 Å². The molecule has 8 heteroatoms. The predicted octanol–water partition coefficient (Wildman–Crippen LogP) is 1.00. The number of carboxylic acid groups (broad SMARTS) is 1. The lowest BCUT2D eigenvalue weighted by atomic mass is 10.2. The topological polar surface area (TPSA) is 107 Å². The summed E-state index contributed by atoms with van der Waals surface area (Å²) >= 11 is 0. The Kier molecular flexibility index (Phi) is 3.42. The average Bonchev–Trinajstić information content (AvgIpc) is 3.09. The Bertz CT molecular complexity index is 750. The van der Waals surface area contributed by atoms with Gasteiger partial charge in [-0.05, 0) is 12.1 Å². The average molecular weight is 285 g/mol. The number of carbonyl (C=O) groups is 1. The van der Waals surface area contributed by atoms with E-state index >= 15 is 0 Å². The molecule has 1 N–H and O–H groups in total. The molecule has 21 heavy (non-hydrogen) atoms. The normalized spacial score (nSPS) is 10.7. The van der Waals surface area contributed by atoms with Crippen LogP contribution in [-0.2, 0) is 17.8 Å². The zero-order valence-corrected chi connectivity index (χ0v) is 10.9. The molecule has 0 bridgehead atoms. The van der Waals surface area contributed by atoms with E-state index in [2.05, 4.69) is 20.5 Å². The SMILES string of the molecule is O=C(O)Cc1cn(Cc2noc(-c3ccccc3)n2)nn1. The molecule has 0 aliphatic carbocycles. The first-order valence-corrected chi connectivity index (χ1v) is 6.19. The monoisotopic (exact) mass is 285 g/mol. The highest BCUT2D eigenvalue weighted by atomic mass is 16.5. The standard InChI is InChI=1S/C13H11N5O3/c19-12(20)6-10-7-18(17-15-10)8-11-14-13(21-16-11)9-4-2-1-3-5-9/h1-5,7H,6,8H2,(H,19,20). The molecular weight excluding hydrogens is 274 g/mol. The summed E-state index contributed by atoms with van der Waals surface area (Å²) in [4.78, 5) is 14.8. The van der Waals surface area contributed by atoms with E-state index in [0.29, 0.717) is 17.4 Å². The number of nitrogens with zero attached hydrogens (tertiary/aromatic N) is 5. The predicted molar refractivity (Wildman–Crippen MR) is 70.2 cm³/mol. The minimum Gasteiger partial charge on any atom is -0.481 e. The molecule has 0 aliphatic heterocycles. The molecule has 106 valence electrons. The Hall–Kier alpha value is -3.03. The summed E-state index contributed by atoms with van der Waals surface area (Å²) in [5.41, 5.74) is 1.22. The second-order valence-electron chi connectivity index (χ2n) is 4.36. The van der Waals surface area contributed by atoms with Crippen molar-refractivity contribution in [1.82, 2.24) is 25.1 Å². The largest absolute Gasteiger partial charge is 0.481 e. The second kappa shape index (κ2) is 5.53. The third-order valence-electron chi connectivity index (χ3n) is 2.71. The molecule has 0 saturated heterocycles. The number of benzene rings is 1. The lowest BCUT2D eigenvalue weighted by Gasteiger charge is -1.93. The van der Waals surface area contributed by atoms with E-state index < -0.39 is 5.97 Å². The van der Waals surface area contributed by atoms with Crippen LogP contribution in [0.3, 0.4) is 0 Å². The van der Waals surface area contributed by atoms with Crippen molar-refractivity contribution in [1.29, 1.82) is 0 Å². The Morgan fingerprint density at radius 2 is 2.10 bits per heavy atom. The number of aliphatic carboxylic acids is 1. The number of hydrogen-bond donors (Lipinski definition) is 1. The Morgan fingerprint density at radius 3 is 2.86 bits per heavy atom. The molecule has 0 spiro atoms. The first-order chi connectivity index (χ1) is 10.2. The van der Waals surface area contributed by atoms with Crippen LogP contribution in [0.1, 0.15) is 11.5 Å². The van der Waals surface area contributed by atoms with Gasteiger partial charge in [-0.15, -0.1) is 5.10 Å². The van der Waals surface area contributed by atoms with E-state index in [1.54, 1.807) is 6.20 Å². The molecule has 1 aromatic carbocycles. The molecule has 0 atom stereocenters. The molecule has 0 fully saturated rings. The van der Waals surface area contributed by atoms with Crippen molar-refractivity contribution >= 4 is 5.97 Å². The number of carboxylic acids is 1. The number of hydrogen-bond acceptors (Lipinski definition) is 6. The van der Waals surface area contributed by atoms with E-state index in [1.165, 1.54) is 4.68 Å². The fraction of sp³-hybridized carbons (Fsp3) is 0.154. The summed E-state index contributed by atoms with van der Waals surface area (Å²) in [7, 11) is 0. The lowest BCUT2D eigenvalue weighted by Crippen LogP contribution is -2.02. The maximum atomic E-state index is 10.6. The van der Waals surface area contributed by atoms with Crippen molar-refractivity contribution < 1.29 is 14.4 Å². The van der Waals surface area contributed by atoms with Crippen molar-refractivity contribution in [2.75, 3.05) is 0 Å². The van der Waals surface area contributed by atoms with Crippen LogP contribution < -0.4 is 0 Å². The summed E-state index contributed by atoms with van der Waals surface area (Å²) in [5.74, 6) is -0.0786. The van der Waals surface area contributed by atoms with Gasteiger partial charge in [-0.3, -0.25) is 4.79 Å². The highest BCUT2D eigenvalue weighted by Crippen LogP contribution is 2.16. The van der Waals surface area contributed by atoms with Gasteiger partial charge in [0, 0.05) is 11.8 Å². The van der Waals surface area contributed by atoms with E-state index in [1.807, 2.05) is 30.3 Å². The highest BCUT2D eigenvalue weighted by molar-refractivity contribution is 5.69. The second-order valence-corrected chi connectivity index (χ2v) is 4.36. The smallest absolute Gasteiger partial charge is 0.309 e. The van der Waals surface area contributed by atoms with Gasteiger partial charge in [0.1, 0.15) is 6.54 Å². The molecule has 0 aliphatic rings. The van der Waals surface area contributed by atoms with Gasteiger partial charge >= 0.3 is 5.97 Å². The molecule has 2 aromatic heterocycles. The van der Waals surface area contributed by atoms with E-state index in [-0.39, 0.29) is 13.0 Å². The van der Waals surface area contributed by atoms with Crippen molar-refractivity contribution in [3.8, 4) is 11.5 Å². The van der Waals surface area contributed by atoms with Gasteiger partial charge in [0.05, 0.1) is 12.1 Å². The Morgan fingerprint density at radius 1 is 1.29 bits per heavy atom. The molecule has 0 radical (unpaired) electrons. The van der Waals surface area contributed by atoms with E-state index in [0.717, 1.165) is 5.56 Å². The van der Waals surface area contributed by atoms with Gasteiger partial charge in [-0.1, -0.05) is 28.6 Å². The van der Waals surface area contributed by atoms with E-state index in [4.69, 9.17) is 9.63 Å². The van der Waals surface area contributed by atoms with Crippen LogP contribution >= 0.6 is 0 Å². The molecule has 3 rings (SSSR count). The Labute approximate surface area is 119 Å². The van der Waals surface area contributed by atoms with Crippen molar-refractivity contribution in [2.24, 2.45) is 0 Å². The van der Waals surface area contributed by atoms with Gasteiger partial charge < -0.3 is 9.63 Å². The van der Waals surface area contributed by atoms with Crippen molar-refractivity contribution in [3.63, 3.8) is 0 Å². The van der Waals surface area contributed by atoms with Gasteiger partial charge in [0.25, 0.3) is 5.89 Å². The molecule has 2 heterocycles. The van der Waals surface area contributed by atoms with Crippen LogP contribution in [0, 0.1) is 0 Å². The molecule has 0 saturated carbocycles. The van der Waals surface area contributed by atoms with Crippen LogP contribution in [0.2, 0.25) is 0 Å². The summed E-state index contributed by atoms with van der Waals surface area (Å²) < 4.78 is 6.65. The van der Waals surface area contributed by atoms with Crippen LogP contribution in [0.4, 0.5) is 0 Å². The molecule has 0 unspecified atom stereocenters. The minimum absolute atomic E-state index is 0.165. The summed E-state index contributed by atoms with van der Waals surface area (Å²) in [6.07, 6.45) is 1.38. The first kappa shape index (κ1) is 13.0. The quantitative estimate of drug-likeness (QED) is 0.745. The van der Waals surface area contributed by atoms with Gasteiger partial charge in [-0.25, -0.2) is 4.68 Å². The van der Waals surface area contributed by atoms with Gasteiger partial charge in [-0.2, -0.15) is 4.98 Å². The summed E-state index contributed by atoms with van der Waals surface area (Å²) in [6, 6.07) is 9.42. The van der Waals surface area contributed by atoms with Crippen molar-refractivity contribution in [3.05, 3.63) is 48.0 Å². The van der Waals surface area contributed by atoms with Crippen molar-refractivity contribution in [2.45, 2.75) is 13.0 Å². The maximum Gasteiger partial charge on any atom is 0.309 e. The fourth-order valence-corrected chi connectivity index (χ4v) is 1.81. The third-order valence-corrected chi connectivity index (χ3v) is 2.71. The van der Waals surface area contributed by atoms with Gasteiger partial charge in [0.15, 0.2) is 5.82 Å². The zero-order valence-electron chi connectivity index (χ0n) is 10.9. The highest BCUT2D eigenvalue weighted by Gasteiger charge is 2.11. The minimum atomic E-state index is -0.951. The number of rotatable bonds is 5. The molecular formula is C13H11N5O3. The van der Waals surface area contributed by atoms with Gasteiger partial charge in [0.2, 0.25) is 0 Å². The summed E-state index contributed by atoms with van der Waals surface area (Å²) in [6.45, 7) is 0.267. The first-order valence-electron chi connectivity index (χ1n) is 6.19. The van der Waals surface area contributed by atoms with Crippen LogP contribution in [0.25, 0.3) is 11.5 Å². The molecule has 3 aromatic rings. The number of aromatic nitrogens is 5. The third kappa shape index (κ3) is 3.11. The molecule has 0 amide bonds. The summed E-state index contributed by atoms with van der Waals surface area (Å²) in [5, 5.41) is 20.1. The Balaban J connectivity index is 1.73.